The van der Waals surface area contributed by atoms with Gasteiger partial charge in [-0.1, -0.05) is 24.3 Å². The van der Waals surface area contributed by atoms with Crippen LogP contribution in [0.3, 0.4) is 0 Å². The molecular formula is C10H11NaO8S. The van der Waals surface area contributed by atoms with Gasteiger partial charge in [-0.15, -0.1) is 0 Å². The van der Waals surface area contributed by atoms with Crippen molar-refractivity contribution in [2.45, 2.75) is 0 Å². The summed E-state index contributed by atoms with van der Waals surface area (Å²) in [5.74, 6) is -1.57. The van der Waals surface area contributed by atoms with Crippen LogP contribution in [0.25, 0.3) is 0 Å². The smallest absolute Gasteiger partial charge is 0.744 e. The first kappa shape index (κ1) is 24.1. The average Bonchev–Trinajstić information content (AvgIpc) is 2.22. The van der Waals surface area contributed by atoms with Crippen molar-refractivity contribution in [1.82, 2.24) is 0 Å². The molecule has 0 bridgehead atoms. The van der Waals surface area contributed by atoms with Crippen molar-refractivity contribution in [1.29, 1.82) is 0 Å². The molecule has 10 heteroatoms. The van der Waals surface area contributed by atoms with Crippen molar-refractivity contribution < 1.29 is 68.5 Å². The van der Waals surface area contributed by atoms with Crippen LogP contribution in [-0.4, -0.2) is 41.0 Å². The van der Waals surface area contributed by atoms with Crippen LogP contribution in [0.4, 0.5) is 0 Å². The van der Waals surface area contributed by atoms with Gasteiger partial charge in [0.1, 0.15) is 15.0 Å². The van der Waals surface area contributed by atoms with Gasteiger partial charge < -0.3 is 21.0 Å². The minimum absolute atomic E-state index is 0. The molecule has 0 heterocycles. The third-order valence-corrected chi connectivity index (χ3v) is 3.03. The fraction of sp³-hybridized carbons (Fsp3) is 0. The first-order valence-electron chi connectivity index (χ1n) is 4.27. The molecule has 0 aromatic heterocycles. The summed E-state index contributed by atoms with van der Waals surface area (Å²) in [6.45, 7) is 0. The fourth-order valence-corrected chi connectivity index (χ4v) is 2.07. The van der Waals surface area contributed by atoms with E-state index in [1.165, 1.54) is 18.2 Å². The second kappa shape index (κ2) is 8.39. The summed E-state index contributed by atoms with van der Waals surface area (Å²) >= 11 is 0. The Kier molecular flexibility index (Phi) is 10.1. The molecule has 0 aliphatic heterocycles. The first-order chi connectivity index (χ1) is 7.41. The van der Waals surface area contributed by atoms with Gasteiger partial charge in [-0.25, -0.2) is 8.42 Å². The molecule has 0 saturated heterocycles. The van der Waals surface area contributed by atoms with E-state index >= 15 is 0 Å². The van der Waals surface area contributed by atoms with Gasteiger partial charge >= 0.3 is 29.6 Å². The van der Waals surface area contributed by atoms with Crippen LogP contribution in [0.5, 0.6) is 0 Å². The van der Waals surface area contributed by atoms with Crippen molar-refractivity contribution in [3.63, 3.8) is 0 Å². The van der Waals surface area contributed by atoms with Crippen molar-refractivity contribution >= 4 is 21.7 Å². The van der Waals surface area contributed by atoms with Gasteiger partial charge in [0.25, 0.3) is 0 Å². The molecule has 8 nitrogen and oxygen atoms in total. The number of allylic oxidation sites excluding steroid dienone is 2. The Morgan fingerprint density at radius 2 is 1.35 bits per heavy atom. The number of hydrogen-bond acceptors (Lipinski definition) is 5. The molecule has 0 atom stereocenters. The molecule has 1 aliphatic rings. The molecule has 106 valence electrons. The van der Waals surface area contributed by atoms with Crippen LogP contribution in [0.2, 0.25) is 0 Å². The number of fused-ring (bicyclic) bond motifs is 1. The second-order valence-electron chi connectivity index (χ2n) is 3.20. The molecule has 1 aromatic carbocycles. The topological polar surface area (TPSA) is 186 Å². The Morgan fingerprint density at radius 1 is 0.900 bits per heavy atom. The Bertz CT molecular complexity index is 634. The Morgan fingerprint density at radius 3 is 1.80 bits per heavy atom. The zero-order chi connectivity index (χ0) is 11.9. The summed E-state index contributed by atoms with van der Waals surface area (Å²) in [7, 11) is -4.91. The summed E-state index contributed by atoms with van der Waals surface area (Å²) in [6.07, 6.45) is 0.576. The Hall–Kier alpha value is -0.910. The molecule has 6 N–H and O–H groups in total. The first-order valence-corrected chi connectivity index (χ1v) is 5.68. The standard InChI is InChI=1S/C10H6O5S.Na.3H2O/c11-8-5-9(16(13,14)15)10(12)7-4-2-1-3-6(7)8;;;;/h1-5H,(H,13,14,15);;3*1H2/q;+1;;;/p-1. The minimum Gasteiger partial charge on any atom is -0.744 e. The molecule has 0 radical (unpaired) electrons. The SMILES string of the molecule is O.O.O.O=C1C=C(S(=O)(=O)[O-])C(=O)c2ccccc21.[Na+]. The van der Waals surface area contributed by atoms with Crippen molar-refractivity contribution in [3.8, 4) is 0 Å². The van der Waals surface area contributed by atoms with E-state index in [1.807, 2.05) is 0 Å². The second-order valence-corrected chi connectivity index (χ2v) is 4.55. The third-order valence-electron chi connectivity index (χ3n) is 2.19. The average molecular weight is 314 g/mol. The molecule has 0 saturated carbocycles. The molecular weight excluding hydrogens is 303 g/mol. The Labute approximate surface area is 136 Å². The van der Waals surface area contributed by atoms with E-state index in [1.54, 1.807) is 6.07 Å². The summed E-state index contributed by atoms with van der Waals surface area (Å²) < 4.78 is 32.3. The van der Waals surface area contributed by atoms with Crippen LogP contribution in [0.1, 0.15) is 20.7 Å². The third kappa shape index (κ3) is 4.30. The number of carbonyl (C=O) groups excluding carboxylic acids is 2. The van der Waals surface area contributed by atoms with E-state index in [0.717, 1.165) is 0 Å². The van der Waals surface area contributed by atoms with Crippen LogP contribution in [0, 0.1) is 0 Å². The zero-order valence-corrected chi connectivity index (χ0v) is 13.2. The van der Waals surface area contributed by atoms with E-state index < -0.39 is 26.6 Å². The Balaban J connectivity index is -0.000000722. The van der Waals surface area contributed by atoms with Crippen LogP contribution >= 0.6 is 0 Å². The maximum atomic E-state index is 11.6. The van der Waals surface area contributed by atoms with Crippen molar-refractivity contribution in [2.24, 2.45) is 0 Å². The summed E-state index contributed by atoms with van der Waals surface area (Å²) in [4.78, 5) is 22.1. The van der Waals surface area contributed by atoms with E-state index in [9.17, 15) is 22.6 Å². The van der Waals surface area contributed by atoms with Gasteiger partial charge in [-0.3, -0.25) is 9.59 Å². The van der Waals surface area contributed by atoms with E-state index in [4.69, 9.17) is 0 Å². The molecule has 0 fully saturated rings. The van der Waals surface area contributed by atoms with Gasteiger partial charge in [0.15, 0.2) is 5.78 Å². The maximum absolute atomic E-state index is 11.6. The quantitative estimate of drug-likeness (QED) is 0.370. The van der Waals surface area contributed by atoms with Crippen LogP contribution < -0.4 is 29.6 Å². The molecule has 0 amide bonds. The minimum atomic E-state index is -4.91. The summed E-state index contributed by atoms with van der Waals surface area (Å²) in [6, 6.07) is 5.76. The van der Waals surface area contributed by atoms with Gasteiger partial charge in [0.2, 0.25) is 5.78 Å². The normalized spacial score (nSPS) is 12.6. The fourth-order valence-electron chi connectivity index (χ4n) is 1.48. The number of Topliss-reactive ketones (excluding diaryl/α,β-unsaturated/α-hetero) is 1. The van der Waals surface area contributed by atoms with Crippen molar-refractivity contribution in [3.05, 3.63) is 46.4 Å². The molecule has 0 spiro atoms. The van der Waals surface area contributed by atoms with Gasteiger partial charge in [-0.05, 0) is 0 Å². The molecule has 2 rings (SSSR count). The predicted molar refractivity (Wildman–Crippen MR) is 63.7 cm³/mol. The number of benzene rings is 1. The number of ketones is 2. The maximum Gasteiger partial charge on any atom is 1.00 e. The molecule has 0 unspecified atom stereocenters. The molecule has 20 heavy (non-hydrogen) atoms. The molecule has 1 aromatic rings. The number of carbonyl (C=O) groups is 2. The van der Waals surface area contributed by atoms with E-state index in [0.29, 0.717) is 6.08 Å². The van der Waals surface area contributed by atoms with E-state index in [-0.39, 0.29) is 57.1 Å². The van der Waals surface area contributed by atoms with E-state index in [2.05, 4.69) is 0 Å². The van der Waals surface area contributed by atoms with Crippen LogP contribution in [0.15, 0.2) is 35.2 Å². The zero-order valence-electron chi connectivity index (χ0n) is 10.3. The number of rotatable bonds is 1. The monoisotopic (exact) mass is 314 g/mol. The van der Waals surface area contributed by atoms with Gasteiger partial charge in [-0.2, -0.15) is 0 Å². The summed E-state index contributed by atoms with van der Waals surface area (Å²) in [5.41, 5.74) is 0.0596. The van der Waals surface area contributed by atoms with Crippen LogP contribution in [-0.2, 0) is 10.1 Å². The molecule has 1 aliphatic carbocycles. The van der Waals surface area contributed by atoms with Crippen molar-refractivity contribution in [2.75, 3.05) is 0 Å². The van der Waals surface area contributed by atoms with Gasteiger partial charge in [0.05, 0.1) is 0 Å². The van der Waals surface area contributed by atoms with Gasteiger partial charge in [0, 0.05) is 17.2 Å². The largest absolute Gasteiger partial charge is 1.00 e. The number of hydrogen-bond donors (Lipinski definition) is 0. The predicted octanol–water partition coefficient (Wildman–Crippen LogP) is -4.98. The summed E-state index contributed by atoms with van der Waals surface area (Å²) in [5, 5.41) is 0.